The molecule has 0 saturated heterocycles. The minimum absolute atomic E-state index is 0.102. The minimum atomic E-state index is 0.102. The lowest BCUT2D eigenvalue weighted by Crippen LogP contribution is -2.38. The Morgan fingerprint density at radius 2 is 0.478 bits per heavy atom. The zero-order valence-corrected chi connectivity index (χ0v) is 45.6. The number of hydrogen-bond acceptors (Lipinski definition) is 5. The second-order valence-corrected chi connectivity index (χ2v) is 20.7. The van der Waals surface area contributed by atoms with Crippen LogP contribution in [0.2, 0.25) is 0 Å². The number of unbranched alkanes of at least 4 members (excludes halogenated alkanes) is 39. The molecule has 0 unspecified atom stereocenters. The monoisotopic (exact) mass is 946 g/mol. The molecule has 0 aliphatic rings. The van der Waals surface area contributed by atoms with Crippen molar-refractivity contribution in [3.8, 4) is 0 Å². The SMILES string of the molecule is CCCCCCCCCCCCCCCCNC(=O)CCNCCN(CCC(=O)NCCCCCCCCCCCCCCCC)CCC(=O)NCCCCCCCCCCCCCCCC. The van der Waals surface area contributed by atoms with Crippen molar-refractivity contribution in [1.29, 1.82) is 0 Å². The maximum atomic E-state index is 12.8. The van der Waals surface area contributed by atoms with E-state index in [0.717, 1.165) is 52.0 Å². The van der Waals surface area contributed by atoms with E-state index in [2.05, 4.69) is 46.9 Å². The number of amides is 3. The van der Waals surface area contributed by atoms with E-state index in [1.165, 1.54) is 250 Å². The molecule has 8 heteroatoms. The number of rotatable bonds is 57. The van der Waals surface area contributed by atoms with Gasteiger partial charge < -0.3 is 26.2 Å². The van der Waals surface area contributed by atoms with Crippen LogP contribution in [0.5, 0.6) is 0 Å². The molecule has 0 atom stereocenters. The van der Waals surface area contributed by atoms with Crippen LogP contribution < -0.4 is 21.3 Å². The van der Waals surface area contributed by atoms with E-state index in [0.29, 0.717) is 38.9 Å². The molecule has 0 rings (SSSR count). The van der Waals surface area contributed by atoms with Crippen LogP contribution in [-0.2, 0) is 14.4 Å². The van der Waals surface area contributed by atoms with Crippen molar-refractivity contribution in [3.63, 3.8) is 0 Å². The Labute approximate surface area is 418 Å². The lowest BCUT2D eigenvalue weighted by atomic mass is 10.0. The third kappa shape index (κ3) is 55.1. The van der Waals surface area contributed by atoms with E-state index < -0.39 is 0 Å². The minimum Gasteiger partial charge on any atom is -0.356 e. The van der Waals surface area contributed by atoms with Crippen LogP contribution in [0.3, 0.4) is 0 Å². The van der Waals surface area contributed by atoms with Crippen LogP contribution >= 0.6 is 0 Å². The molecule has 0 radical (unpaired) electrons. The van der Waals surface area contributed by atoms with Gasteiger partial charge >= 0.3 is 0 Å². The highest BCUT2D eigenvalue weighted by Gasteiger charge is 2.11. The summed E-state index contributed by atoms with van der Waals surface area (Å²) in [5.41, 5.74) is 0. The molecule has 3 amide bonds. The summed E-state index contributed by atoms with van der Waals surface area (Å²) in [6.45, 7) is 12.5. The highest BCUT2D eigenvalue weighted by Crippen LogP contribution is 2.16. The topological polar surface area (TPSA) is 103 Å². The van der Waals surface area contributed by atoms with Crippen molar-refractivity contribution in [2.24, 2.45) is 0 Å². The summed E-state index contributed by atoms with van der Waals surface area (Å²) >= 11 is 0. The van der Waals surface area contributed by atoms with E-state index in [1.807, 2.05) is 0 Å². The first-order chi connectivity index (χ1) is 33.0. The van der Waals surface area contributed by atoms with Gasteiger partial charge in [-0.3, -0.25) is 14.4 Å². The maximum Gasteiger partial charge on any atom is 0.221 e. The highest BCUT2D eigenvalue weighted by molar-refractivity contribution is 5.77. The van der Waals surface area contributed by atoms with Crippen molar-refractivity contribution in [3.05, 3.63) is 0 Å². The van der Waals surface area contributed by atoms with Crippen molar-refractivity contribution in [2.75, 3.05) is 52.4 Å². The molecule has 0 saturated carbocycles. The van der Waals surface area contributed by atoms with Crippen LogP contribution in [0.4, 0.5) is 0 Å². The van der Waals surface area contributed by atoms with E-state index in [4.69, 9.17) is 0 Å². The largest absolute Gasteiger partial charge is 0.356 e. The summed E-state index contributed by atoms with van der Waals surface area (Å²) in [6, 6.07) is 0. The van der Waals surface area contributed by atoms with Crippen molar-refractivity contribution in [1.82, 2.24) is 26.2 Å². The predicted molar refractivity (Wildman–Crippen MR) is 293 cm³/mol. The molecule has 8 nitrogen and oxygen atoms in total. The lowest BCUT2D eigenvalue weighted by molar-refractivity contribution is -0.122. The third-order valence-electron chi connectivity index (χ3n) is 14.0. The third-order valence-corrected chi connectivity index (χ3v) is 14.0. The average Bonchev–Trinajstić information content (AvgIpc) is 3.33. The Balaban J connectivity index is 4.26. The van der Waals surface area contributed by atoms with Crippen LogP contribution in [0.15, 0.2) is 0 Å². The molecule has 0 aliphatic heterocycles. The number of hydrogen-bond donors (Lipinski definition) is 4. The fourth-order valence-corrected chi connectivity index (χ4v) is 9.33. The molecule has 0 bridgehead atoms. The van der Waals surface area contributed by atoms with Gasteiger partial charge in [0.2, 0.25) is 17.7 Å². The zero-order valence-electron chi connectivity index (χ0n) is 45.6. The Bertz CT molecular complexity index is 962. The van der Waals surface area contributed by atoms with E-state index in [9.17, 15) is 14.4 Å². The molecular weight excluding hydrogens is 827 g/mol. The molecule has 0 aromatic carbocycles. The molecule has 67 heavy (non-hydrogen) atoms. The maximum absolute atomic E-state index is 12.8. The van der Waals surface area contributed by atoms with Gasteiger partial charge in [0, 0.05) is 71.6 Å². The molecule has 398 valence electrons. The first-order valence-corrected chi connectivity index (χ1v) is 30.3. The molecule has 0 fully saturated rings. The second kappa shape index (κ2) is 56.9. The molecule has 4 N–H and O–H groups in total. The lowest BCUT2D eigenvalue weighted by Gasteiger charge is -2.22. The first-order valence-electron chi connectivity index (χ1n) is 30.3. The van der Waals surface area contributed by atoms with Crippen LogP contribution in [0, 0.1) is 0 Å². The Hall–Kier alpha value is -1.67. The van der Waals surface area contributed by atoms with Gasteiger partial charge in [-0.05, 0) is 19.3 Å². The van der Waals surface area contributed by atoms with E-state index in [-0.39, 0.29) is 17.7 Å². The van der Waals surface area contributed by atoms with Crippen molar-refractivity contribution >= 4 is 17.7 Å². The zero-order chi connectivity index (χ0) is 48.6. The first kappa shape index (κ1) is 65.3. The average molecular weight is 947 g/mol. The van der Waals surface area contributed by atoms with Crippen LogP contribution in [-0.4, -0.2) is 75.0 Å². The standard InChI is InChI=1S/C59H119N5O3/c1-4-7-10-13-16-19-22-25-28-31-34-37-40-43-49-61-57(65)46-52-60-53-56-64(54-47-58(66)62-50-44-41-38-35-32-29-26-23-20-17-14-11-8-5-2)55-48-59(67)63-51-45-42-39-36-33-30-27-24-21-18-15-12-9-6-3/h60H,4-56H2,1-3H3,(H,61,65)(H,62,66)(H,63,67). The second-order valence-electron chi connectivity index (χ2n) is 20.7. The summed E-state index contributed by atoms with van der Waals surface area (Å²) in [6.07, 6.45) is 57.5. The molecule has 0 aromatic heterocycles. The Morgan fingerprint density at radius 3 is 0.731 bits per heavy atom. The van der Waals surface area contributed by atoms with Gasteiger partial charge in [-0.1, -0.05) is 271 Å². The predicted octanol–water partition coefficient (Wildman–Crippen LogP) is 15.8. The van der Waals surface area contributed by atoms with Crippen LogP contribution in [0.25, 0.3) is 0 Å². The Morgan fingerprint density at radius 1 is 0.254 bits per heavy atom. The number of nitrogens with zero attached hydrogens (tertiary/aromatic N) is 1. The fraction of sp³-hybridized carbons (Fsp3) is 0.949. The van der Waals surface area contributed by atoms with Gasteiger partial charge in [-0.15, -0.1) is 0 Å². The van der Waals surface area contributed by atoms with Gasteiger partial charge in [0.25, 0.3) is 0 Å². The Kier molecular flexibility index (Phi) is 55.5. The van der Waals surface area contributed by atoms with E-state index >= 15 is 0 Å². The quantitative estimate of drug-likeness (QED) is 0.0455. The van der Waals surface area contributed by atoms with Crippen molar-refractivity contribution in [2.45, 2.75) is 310 Å². The van der Waals surface area contributed by atoms with Gasteiger partial charge in [-0.25, -0.2) is 0 Å². The van der Waals surface area contributed by atoms with Crippen molar-refractivity contribution < 1.29 is 14.4 Å². The number of nitrogens with one attached hydrogen (secondary N) is 4. The van der Waals surface area contributed by atoms with Crippen LogP contribution in [0.1, 0.15) is 310 Å². The molecular formula is C59H119N5O3. The molecule has 0 aliphatic carbocycles. The van der Waals surface area contributed by atoms with Gasteiger partial charge in [0.15, 0.2) is 0 Å². The molecule has 0 aromatic rings. The summed E-state index contributed by atoms with van der Waals surface area (Å²) in [5.74, 6) is 0.320. The summed E-state index contributed by atoms with van der Waals surface area (Å²) in [7, 11) is 0. The summed E-state index contributed by atoms with van der Waals surface area (Å²) < 4.78 is 0. The van der Waals surface area contributed by atoms with Gasteiger partial charge in [0.05, 0.1) is 0 Å². The van der Waals surface area contributed by atoms with E-state index in [1.54, 1.807) is 0 Å². The summed E-state index contributed by atoms with van der Waals surface area (Å²) in [5, 5.41) is 12.8. The smallest absolute Gasteiger partial charge is 0.221 e. The number of carbonyl (C=O) groups excluding carboxylic acids is 3. The highest BCUT2D eigenvalue weighted by atomic mass is 16.2. The number of carbonyl (C=O) groups is 3. The fourth-order valence-electron chi connectivity index (χ4n) is 9.33. The van der Waals surface area contributed by atoms with Gasteiger partial charge in [0.1, 0.15) is 0 Å². The normalized spacial score (nSPS) is 11.5. The van der Waals surface area contributed by atoms with Gasteiger partial charge in [-0.2, -0.15) is 0 Å². The summed E-state index contributed by atoms with van der Waals surface area (Å²) in [4.78, 5) is 40.3. The molecule has 0 spiro atoms. The molecule has 0 heterocycles.